The van der Waals surface area contributed by atoms with Gasteiger partial charge in [-0.05, 0) is 52.7 Å². The lowest BCUT2D eigenvalue weighted by molar-refractivity contribution is 0.969. The average Bonchev–Trinajstić information content (AvgIpc) is 3.11. The van der Waals surface area contributed by atoms with E-state index in [9.17, 15) is 0 Å². The van der Waals surface area contributed by atoms with Crippen molar-refractivity contribution in [1.29, 1.82) is 0 Å². The Morgan fingerprint density at radius 1 is 1.04 bits per heavy atom. The lowest BCUT2D eigenvalue weighted by Gasteiger charge is -2.08. The van der Waals surface area contributed by atoms with Gasteiger partial charge in [-0.1, -0.05) is 6.92 Å². The van der Waals surface area contributed by atoms with Gasteiger partial charge in [-0.3, -0.25) is 4.40 Å². The zero-order valence-electron chi connectivity index (χ0n) is 14.7. The number of hydrogen-bond donors (Lipinski definition) is 2. The molecule has 0 aliphatic rings. The summed E-state index contributed by atoms with van der Waals surface area (Å²) in [4.78, 5) is 17.7. The highest BCUT2D eigenvalue weighted by atomic mass is 79.9. The molecule has 4 rings (SSSR count). The smallest absolute Gasteiger partial charge is 0.227 e. The molecule has 0 saturated carbocycles. The molecule has 0 fully saturated rings. The van der Waals surface area contributed by atoms with Crippen LogP contribution in [0.1, 0.15) is 13.3 Å². The maximum atomic E-state index is 4.62. The molecular weight excluding hydrogens is 406 g/mol. The van der Waals surface area contributed by atoms with Crippen LogP contribution in [0.5, 0.6) is 0 Å². The van der Waals surface area contributed by atoms with Crippen molar-refractivity contribution in [1.82, 2.24) is 24.3 Å². The number of nitrogens with zero attached hydrogens (tertiary/aromatic N) is 5. The number of fused-ring (bicyclic) bond motifs is 1. The van der Waals surface area contributed by atoms with E-state index in [-0.39, 0.29) is 0 Å². The van der Waals surface area contributed by atoms with Crippen molar-refractivity contribution < 1.29 is 0 Å². The van der Waals surface area contributed by atoms with Gasteiger partial charge >= 0.3 is 0 Å². The van der Waals surface area contributed by atoms with Gasteiger partial charge < -0.3 is 10.6 Å². The van der Waals surface area contributed by atoms with Gasteiger partial charge in [-0.2, -0.15) is 0 Å². The molecule has 0 amide bonds. The summed E-state index contributed by atoms with van der Waals surface area (Å²) in [7, 11) is 0. The molecule has 4 aromatic rings. The summed E-state index contributed by atoms with van der Waals surface area (Å²) in [6.07, 6.45) is 8.33. The summed E-state index contributed by atoms with van der Waals surface area (Å²) in [6.45, 7) is 3.02. The van der Waals surface area contributed by atoms with Crippen LogP contribution in [0.4, 0.5) is 17.5 Å². The van der Waals surface area contributed by atoms with Gasteiger partial charge in [0.1, 0.15) is 11.5 Å². The van der Waals surface area contributed by atoms with E-state index >= 15 is 0 Å². The van der Waals surface area contributed by atoms with Crippen molar-refractivity contribution in [3.05, 3.63) is 59.6 Å². The third-order valence-corrected chi connectivity index (χ3v) is 4.43. The first kappa shape index (κ1) is 17.4. The second-order valence-corrected chi connectivity index (χ2v) is 6.88. The first-order valence-electron chi connectivity index (χ1n) is 8.66. The first-order valence-corrected chi connectivity index (χ1v) is 9.45. The highest BCUT2D eigenvalue weighted by Crippen LogP contribution is 2.22. The average molecular weight is 424 g/mol. The molecular formula is C19H18BrN7. The zero-order chi connectivity index (χ0) is 18.6. The molecule has 0 radical (unpaired) electrons. The Labute approximate surface area is 165 Å². The number of aromatic nitrogens is 5. The first-order chi connectivity index (χ1) is 13.2. The Hall–Kier alpha value is -3.00. The highest BCUT2D eigenvalue weighted by molar-refractivity contribution is 9.10. The van der Waals surface area contributed by atoms with Gasteiger partial charge in [0.15, 0.2) is 0 Å². The molecule has 0 saturated heterocycles. The van der Waals surface area contributed by atoms with E-state index in [4.69, 9.17) is 0 Å². The maximum Gasteiger partial charge on any atom is 0.227 e. The van der Waals surface area contributed by atoms with Crippen LogP contribution in [0.2, 0.25) is 0 Å². The van der Waals surface area contributed by atoms with Crippen LogP contribution in [0.25, 0.3) is 17.0 Å². The van der Waals surface area contributed by atoms with Crippen LogP contribution in [-0.4, -0.2) is 30.9 Å². The number of rotatable bonds is 6. The Bertz CT molecular complexity index is 1060. The number of imidazole rings is 1. The highest BCUT2D eigenvalue weighted by Gasteiger charge is 2.09. The Kier molecular flexibility index (Phi) is 4.97. The number of halogens is 1. The summed E-state index contributed by atoms with van der Waals surface area (Å²) in [5, 5.41) is 6.45. The number of nitrogens with one attached hydrogen (secondary N) is 2. The zero-order valence-corrected chi connectivity index (χ0v) is 16.3. The fourth-order valence-corrected chi connectivity index (χ4v) is 3.00. The van der Waals surface area contributed by atoms with Crippen molar-refractivity contribution in [2.24, 2.45) is 0 Å². The van der Waals surface area contributed by atoms with Gasteiger partial charge in [0.25, 0.3) is 0 Å². The normalized spacial score (nSPS) is 10.9. The van der Waals surface area contributed by atoms with E-state index < -0.39 is 0 Å². The minimum atomic E-state index is 0.508. The molecule has 136 valence electrons. The molecule has 0 aromatic carbocycles. The molecule has 0 atom stereocenters. The van der Waals surface area contributed by atoms with Gasteiger partial charge in [0, 0.05) is 23.4 Å². The van der Waals surface area contributed by atoms with Crippen LogP contribution in [0.15, 0.2) is 59.6 Å². The topological polar surface area (TPSA) is 80.0 Å². The molecule has 0 aliphatic heterocycles. The van der Waals surface area contributed by atoms with E-state index in [0.717, 1.165) is 46.0 Å². The fourth-order valence-electron chi connectivity index (χ4n) is 2.66. The standard InChI is InChI=1S/C19H18BrN7/c1-2-8-21-17-5-4-14(10-23-17)25-19-22-9-7-15(26-19)16-11-24-18-6-3-13(20)12-27(16)18/h3-7,9-12H,2,8H2,1H3,(H,21,23)(H,22,25,26). The molecule has 4 heterocycles. The minimum absolute atomic E-state index is 0.508. The molecule has 4 aromatic heterocycles. The molecule has 0 bridgehead atoms. The van der Waals surface area contributed by atoms with Crippen molar-refractivity contribution in [2.75, 3.05) is 17.2 Å². The largest absolute Gasteiger partial charge is 0.370 e. The number of hydrogen-bond acceptors (Lipinski definition) is 6. The fraction of sp³-hybridized carbons (Fsp3) is 0.158. The van der Waals surface area contributed by atoms with Crippen LogP contribution < -0.4 is 10.6 Å². The predicted octanol–water partition coefficient (Wildman–Crippen LogP) is 4.51. The van der Waals surface area contributed by atoms with Gasteiger partial charge in [0.05, 0.1) is 29.5 Å². The van der Waals surface area contributed by atoms with Gasteiger partial charge in [-0.25, -0.2) is 19.9 Å². The molecule has 0 spiro atoms. The van der Waals surface area contributed by atoms with Crippen LogP contribution in [-0.2, 0) is 0 Å². The van der Waals surface area contributed by atoms with E-state index in [2.05, 4.69) is 53.4 Å². The molecule has 8 heteroatoms. The Morgan fingerprint density at radius 3 is 2.78 bits per heavy atom. The summed E-state index contributed by atoms with van der Waals surface area (Å²) >= 11 is 3.50. The Morgan fingerprint density at radius 2 is 1.96 bits per heavy atom. The van der Waals surface area contributed by atoms with Crippen LogP contribution >= 0.6 is 15.9 Å². The van der Waals surface area contributed by atoms with Crippen LogP contribution in [0.3, 0.4) is 0 Å². The summed E-state index contributed by atoms with van der Waals surface area (Å²) in [6, 6.07) is 9.67. The van der Waals surface area contributed by atoms with E-state index in [1.165, 1.54) is 0 Å². The monoisotopic (exact) mass is 423 g/mol. The number of pyridine rings is 2. The second kappa shape index (κ2) is 7.71. The van der Waals surface area contributed by atoms with Crippen molar-refractivity contribution in [2.45, 2.75) is 13.3 Å². The summed E-state index contributed by atoms with van der Waals surface area (Å²) in [5.74, 6) is 1.36. The second-order valence-electron chi connectivity index (χ2n) is 5.97. The summed E-state index contributed by atoms with van der Waals surface area (Å²) < 4.78 is 2.97. The molecule has 27 heavy (non-hydrogen) atoms. The third kappa shape index (κ3) is 3.90. The lowest BCUT2D eigenvalue weighted by Crippen LogP contribution is -2.03. The van der Waals surface area contributed by atoms with Crippen LogP contribution in [0, 0.1) is 0 Å². The molecule has 7 nitrogen and oxygen atoms in total. The molecule has 0 aliphatic carbocycles. The predicted molar refractivity (Wildman–Crippen MR) is 110 cm³/mol. The van der Waals surface area contributed by atoms with Crippen molar-refractivity contribution in [3.8, 4) is 11.4 Å². The molecule has 2 N–H and O–H groups in total. The van der Waals surface area contributed by atoms with E-state index in [1.807, 2.05) is 47.1 Å². The van der Waals surface area contributed by atoms with Gasteiger partial charge in [0.2, 0.25) is 5.95 Å². The quantitative estimate of drug-likeness (QED) is 0.474. The third-order valence-electron chi connectivity index (χ3n) is 3.96. The SMILES string of the molecule is CCCNc1ccc(Nc2nccc(-c3cnc4ccc(Br)cn34)n2)cn1. The maximum absolute atomic E-state index is 4.62. The Balaban J connectivity index is 1.58. The van der Waals surface area contributed by atoms with Crippen molar-refractivity contribution >= 4 is 39.0 Å². The lowest BCUT2D eigenvalue weighted by atomic mass is 10.3. The molecule has 0 unspecified atom stereocenters. The minimum Gasteiger partial charge on any atom is -0.370 e. The van der Waals surface area contributed by atoms with Gasteiger partial charge in [-0.15, -0.1) is 0 Å². The van der Waals surface area contributed by atoms with E-state index in [0.29, 0.717) is 5.95 Å². The summed E-state index contributed by atoms with van der Waals surface area (Å²) in [5.41, 5.74) is 3.37. The van der Waals surface area contributed by atoms with E-state index in [1.54, 1.807) is 12.4 Å². The number of anilines is 3. The van der Waals surface area contributed by atoms with Crippen molar-refractivity contribution in [3.63, 3.8) is 0 Å².